The molecular formula is C12H18N2. The van der Waals surface area contributed by atoms with Crippen molar-refractivity contribution in [3.8, 4) is 0 Å². The zero-order chi connectivity index (χ0) is 10.6. The molecule has 0 saturated heterocycles. The Labute approximate surface area is 86.0 Å². The van der Waals surface area contributed by atoms with Gasteiger partial charge in [0.15, 0.2) is 0 Å². The van der Waals surface area contributed by atoms with Crippen molar-refractivity contribution in [1.82, 2.24) is 0 Å². The van der Waals surface area contributed by atoms with Gasteiger partial charge in [-0.05, 0) is 18.6 Å². The predicted octanol–water partition coefficient (Wildman–Crippen LogP) is 2.03. The molecule has 1 rings (SSSR count). The van der Waals surface area contributed by atoms with Crippen LogP contribution in [-0.4, -0.2) is 20.6 Å². The summed E-state index contributed by atoms with van der Waals surface area (Å²) < 4.78 is 0. The molecule has 2 heteroatoms. The molecule has 0 spiro atoms. The number of anilines is 1. The van der Waals surface area contributed by atoms with Crippen molar-refractivity contribution in [2.75, 3.05) is 25.5 Å². The second kappa shape index (κ2) is 4.82. The lowest BCUT2D eigenvalue weighted by molar-refractivity contribution is 1.12. The van der Waals surface area contributed by atoms with Gasteiger partial charge in [-0.25, -0.2) is 0 Å². The average Bonchev–Trinajstić information content (AvgIpc) is 2.15. The summed E-state index contributed by atoms with van der Waals surface area (Å²) in [5.74, 6) is 0. The smallest absolute Gasteiger partial charge is 0.0437 e. The van der Waals surface area contributed by atoms with Gasteiger partial charge in [-0.1, -0.05) is 24.3 Å². The zero-order valence-electron chi connectivity index (χ0n) is 9.12. The number of rotatable bonds is 3. The maximum atomic E-state index is 5.45. The number of nitrogens with zero attached hydrogens (tertiary/aromatic N) is 1. The lowest BCUT2D eigenvalue weighted by atomic mass is 10.1. The predicted molar refractivity (Wildman–Crippen MR) is 63.6 cm³/mol. The average molecular weight is 190 g/mol. The van der Waals surface area contributed by atoms with Gasteiger partial charge >= 0.3 is 0 Å². The van der Waals surface area contributed by atoms with E-state index in [9.17, 15) is 0 Å². The van der Waals surface area contributed by atoms with Crippen LogP contribution in [-0.2, 0) is 0 Å². The molecule has 0 aliphatic rings. The number of nitrogens with two attached hydrogens (primary N) is 1. The van der Waals surface area contributed by atoms with Crippen LogP contribution in [0.1, 0.15) is 11.1 Å². The summed E-state index contributed by atoms with van der Waals surface area (Å²) in [5, 5.41) is 0. The molecule has 0 amide bonds. The van der Waals surface area contributed by atoms with E-state index < -0.39 is 0 Å². The van der Waals surface area contributed by atoms with E-state index in [1.807, 2.05) is 6.08 Å². The van der Waals surface area contributed by atoms with E-state index in [2.05, 4.69) is 50.2 Å². The molecule has 0 aliphatic carbocycles. The Morgan fingerprint density at radius 3 is 2.64 bits per heavy atom. The standard InChI is InChI=1S/C12H18N2/c1-10-6-4-8-12(14(2)3)11(10)7-5-9-13/h4-8H,9,13H2,1-3H3/b7-5+. The highest BCUT2D eigenvalue weighted by Crippen LogP contribution is 2.23. The van der Waals surface area contributed by atoms with Crippen LogP contribution in [0.15, 0.2) is 24.3 Å². The third-order valence-corrected chi connectivity index (χ3v) is 2.20. The van der Waals surface area contributed by atoms with Crippen molar-refractivity contribution in [2.45, 2.75) is 6.92 Å². The van der Waals surface area contributed by atoms with Crippen molar-refractivity contribution in [2.24, 2.45) is 5.73 Å². The Kier molecular flexibility index (Phi) is 3.72. The molecule has 1 aromatic rings. The number of hydrogen-bond acceptors (Lipinski definition) is 2. The second-order valence-corrected chi connectivity index (χ2v) is 3.54. The summed E-state index contributed by atoms with van der Waals surface area (Å²) in [6, 6.07) is 6.30. The van der Waals surface area contributed by atoms with Gasteiger partial charge in [-0.3, -0.25) is 0 Å². The minimum Gasteiger partial charge on any atom is -0.377 e. The van der Waals surface area contributed by atoms with Gasteiger partial charge in [-0.15, -0.1) is 0 Å². The maximum absolute atomic E-state index is 5.45. The van der Waals surface area contributed by atoms with Gasteiger partial charge in [0, 0.05) is 31.9 Å². The third kappa shape index (κ3) is 2.36. The summed E-state index contributed by atoms with van der Waals surface area (Å²) in [4.78, 5) is 2.11. The van der Waals surface area contributed by atoms with Crippen molar-refractivity contribution in [3.05, 3.63) is 35.4 Å². The fourth-order valence-corrected chi connectivity index (χ4v) is 1.46. The molecule has 0 unspecified atom stereocenters. The Morgan fingerprint density at radius 2 is 2.07 bits per heavy atom. The first-order chi connectivity index (χ1) is 6.66. The van der Waals surface area contributed by atoms with Crippen LogP contribution in [0, 0.1) is 6.92 Å². The van der Waals surface area contributed by atoms with Crippen molar-refractivity contribution in [3.63, 3.8) is 0 Å². The first-order valence-corrected chi connectivity index (χ1v) is 4.80. The molecule has 0 saturated carbocycles. The molecule has 0 heterocycles. The minimum atomic E-state index is 0.585. The maximum Gasteiger partial charge on any atom is 0.0437 e. The highest BCUT2D eigenvalue weighted by Gasteiger charge is 2.03. The minimum absolute atomic E-state index is 0.585. The second-order valence-electron chi connectivity index (χ2n) is 3.54. The van der Waals surface area contributed by atoms with Crippen LogP contribution in [0.2, 0.25) is 0 Å². The molecule has 1 aromatic carbocycles. The summed E-state index contributed by atoms with van der Waals surface area (Å²) in [6.45, 7) is 2.70. The summed E-state index contributed by atoms with van der Waals surface area (Å²) >= 11 is 0. The zero-order valence-corrected chi connectivity index (χ0v) is 9.12. The fourth-order valence-electron chi connectivity index (χ4n) is 1.46. The molecular weight excluding hydrogens is 172 g/mol. The van der Waals surface area contributed by atoms with Crippen LogP contribution in [0.4, 0.5) is 5.69 Å². The molecule has 2 nitrogen and oxygen atoms in total. The van der Waals surface area contributed by atoms with E-state index in [4.69, 9.17) is 5.73 Å². The van der Waals surface area contributed by atoms with E-state index in [1.165, 1.54) is 16.8 Å². The van der Waals surface area contributed by atoms with Crippen molar-refractivity contribution in [1.29, 1.82) is 0 Å². The van der Waals surface area contributed by atoms with Gasteiger partial charge in [0.2, 0.25) is 0 Å². The van der Waals surface area contributed by atoms with E-state index in [0.717, 1.165) is 0 Å². The van der Waals surface area contributed by atoms with Gasteiger partial charge in [0.05, 0.1) is 0 Å². The van der Waals surface area contributed by atoms with E-state index in [1.54, 1.807) is 0 Å². The summed E-state index contributed by atoms with van der Waals surface area (Å²) in [6.07, 6.45) is 4.07. The molecule has 14 heavy (non-hydrogen) atoms. The van der Waals surface area contributed by atoms with Crippen molar-refractivity contribution < 1.29 is 0 Å². The van der Waals surface area contributed by atoms with Crippen LogP contribution in [0.3, 0.4) is 0 Å². The van der Waals surface area contributed by atoms with Gasteiger partial charge in [-0.2, -0.15) is 0 Å². The molecule has 0 aromatic heterocycles. The quantitative estimate of drug-likeness (QED) is 0.790. The van der Waals surface area contributed by atoms with Crippen LogP contribution < -0.4 is 10.6 Å². The first kappa shape index (κ1) is 10.8. The Bertz CT molecular complexity index is 327. The Hall–Kier alpha value is -1.28. The molecule has 76 valence electrons. The monoisotopic (exact) mass is 190 g/mol. The number of benzene rings is 1. The highest BCUT2D eigenvalue weighted by molar-refractivity contribution is 5.70. The molecule has 2 N–H and O–H groups in total. The first-order valence-electron chi connectivity index (χ1n) is 4.80. The number of hydrogen-bond donors (Lipinski definition) is 1. The number of aryl methyl sites for hydroxylation is 1. The summed E-state index contributed by atoms with van der Waals surface area (Å²) in [5.41, 5.74) is 9.21. The van der Waals surface area contributed by atoms with Gasteiger partial charge < -0.3 is 10.6 Å². The van der Waals surface area contributed by atoms with Gasteiger partial charge in [0.1, 0.15) is 0 Å². The van der Waals surface area contributed by atoms with E-state index in [0.29, 0.717) is 6.54 Å². The van der Waals surface area contributed by atoms with Crippen LogP contribution in [0.5, 0.6) is 0 Å². The molecule has 0 atom stereocenters. The van der Waals surface area contributed by atoms with Crippen LogP contribution in [0.25, 0.3) is 6.08 Å². The highest BCUT2D eigenvalue weighted by atomic mass is 15.1. The van der Waals surface area contributed by atoms with E-state index in [-0.39, 0.29) is 0 Å². The Morgan fingerprint density at radius 1 is 1.36 bits per heavy atom. The lowest BCUT2D eigenvalue weighted by Gasteiger charge is -2.17. The van der Waals surface area contributed by atoms with E-state index >= 15 is 0 Å². The molecule has 0 aliphatic heterocycles. The molecule has 0 radical (unpaired) electrons. The molecule has 0 fully saturated rings. The SMILES string of the molecule is Cc1cccc(N(C)C)c1/C=C/CN. The summed E-state index contributed by atoms with van der Waals surface area (Å²) in [7, 11) is 4.10. The van der Waals surface area contributed by atoms with Crippen LogP contribution >= 0.6 is 0 Å². The van der Waals surface area contributed by atoms with Crippen molar-refractivity contribution >= 4 is 11.8 Å². The Balaban J connectivity index is 3.15. The largest absolute Gasteiger partial charge is 0.377 e. The third-order valence-electron chi connectivity index (χ3n) is 2.20. The lowest BCUT2D eigenvalue weighted by Crippen LogP contribution is -2.10. The normalized spacial score (nSPS) is 10.9. The van der Waals surface area contributed by atoms with Gasteiger partial charge in [0.25, 0.3) is 0 Å². The fraction of sp³-hybridized carbons (Fsp3) is 0.333. The topological polar surface area (TPSA) is 29.3 Å². The molecule has 0 bridgehead atoms.